The molecule has 0 aliphatic carbocycles. The second-order valence-corrected chi connectivity index (χ2v) is 11.2. The highest BCUT2D eigenvalue weighted by Crippen LogP contribution is 2.33. The number of hydrogen-bond donors (Lipinski definition) is 1. The molecule has 0 saturated carbocycles. The first-order valence-corrected chi connectivity index (χ1v) is 13.7. The molecule has 0 radical (unpaired) electrons. The zero-order valence-electron chi connectivity index (χ0n) is 22.7. The van der Waals surface area contributed by atoms with Gasteiger partial charge in [0.05, 0.1) is 17.7 Å². The number of rotatable bonds is 10. The molecule has 1 N–H and O–H groups in total. The Hall–Kier alpha value is -3.85. The van der Waals surface area contributed by atoms with E-state index >= 15 is 0 Å². The van der Waals surface area contributed by atoms with Gasteiger partial charge in [-0.25, -0.2) is 8.42 Å². The molecule has 0 fully saturated rings. The normalized spacial score (nSPS) is 11.9. The van der Waals surface area contributed by atoms with E-state index in [0.717, 1.165) is 26.6 Å². The van der Waals surface area contributed by atoms with E-state index in [2.05, 4.69) is 5.32 Å². The van der Waals surface area contributed by atoms with Crippen molar-refractivity contribution < 1.29 is 22.7 Å². The molecule has 1 atom stereocenters. The van der Waals surface area contributed by atoms with Crippen LogP contribution in [0.1, 0.15) is 29.2 Å². The predicted octanol–water partition coefficient (Wildman–Crippen LogP) is 3.98. The average molecular weight is 538 g/mol. The molecule has 202 valence electrons. The highest BCUT2D eigenvalue weighted by Gasteiger charge is 2.33. The molecule has 0 unspecified atom stereocenters. The highest BCUT2D eigenvalue weighted by molar-refractivity contribution is 7.92. The van der Waals surface area contributed by atoms with Crippen molar-refractivity contribution in [3.05, 3.63) is 89.0 Å². The van der Waals surface area contributed by atoms with Crippen LogP contribution < -0.4 is 14.4 Å². The predicted molar refractivity (Wildman–Crippen MR) is 149 cm³/mol. The Bertz CT molecular complexity index is 1390. The van der Waals surface area contributed by atoms with E-state index in [4.69, 9.17) is 4.74 Å². The van der Waals surface area contributed by atoms with Crippen molar-refractivity contribution in [3.8, 4) is 5.75 Å². The number of likely N-dealkylation sites (N-methyl/N-ethyl adjacent to an activating group) is 1. The van der Waals surface area contributed by atoms with Crippen molar-refractivity contribution in [1.82, 2.24) is 10.2 Å². The number of carbonyl (C=O) groups is 2. The molecule has 0 saturated heterocycles. The molecule has 0 bridgehead atoms. The van der Waals surface area contributed by atoms with Gasteiger partial charge in [0, 0.05) is 13.6 Å². The summed E-state index contributed by atoms with van der Waals surface area (Å²) in [4.78, 5) is 27.9. The summed E-state index contributed by atoms with van der Waals surface area (Å²) in [5.74, 6) is -0.573. The number of nitrogens with one attached hydrogen (secondary N) is 1. The summed E-state index contributed by atoms with van der Waals surface area (Å²) in [5, 5.41) is 2.58. The Morgan fingerprint density at radius 3 is 2.00 bits per heavy atom. The summed E-state index contributed by atoms with van der Waals surface area (Å²) in [6.07, 6.45) is 0. The number of amides is 2. The second-order valence-electron chi connectivity index (χ2n) is 9.30. The smallest absolute Gasteiger partial charge is 0.264 e. The van der Waals surface area contributed by atoms with Crippen LogP contribution in [0.2, 0.25) is 0 Å². The van der Waals surface area contributed by atoms with Gasteiger partial charge in [-0.15, -0.1) is 0 Å². The van der Waals surface area contributed by atoms with E-state index in [9.17, 15) is 18.0 Å². The third-order valence-electron chi connectivity index (χ3n) is 6.38. The van der Waals surface area contributed by atoms with E-state index in [1.807, 2.05) is 45.0 Å². The van der Waals surface area contributed by atoms with Crippen LogP contribution in [0.4, 0.5) is 5.69 Å². The first kappa shape index (κ1) is 28.7. The van der Waals surface area contributed by atoms with E-state index in [-0.39, 0.29) is 23.0 Å². The maximum absolute atomic E-state index is 14.0. The molecule has 0 heterocycles. The van der Waals surface area contributed by atoms with E-state index < -0.39 is 28.5 Å². The van der Waals surface area contributed by atoms with Gasteiger partial charge in [-0.1, -0.05) is 53.6 Å². The van der Waals surface area contributed by atoms with Crippen molar-refractivity contribution >= 4 is 27.5 Å². The fourth-order valence-electron chi connectivity index (χ4n) is 4.03. The molecule has 0 spiro atoms. The fraction of sp³-hybridized carbons (Fsp3) is 0.310. The number of methoxy groups -OCH3 is 1. The van der Waals surface area contributed by atoms with Gasteiger partial charge in [0.1, 0.15) is 18.3 Å². The van der Waals surface area contributed by atoms with Gasteiger partial charge in [-0.2, -0.15) is 0 Å². The summed E-state index contributed by atoms with van der Waals surface area (Å²) in [6.45, 7) is 6.89. The number of nitrogens with zero attached hydrogens (tertiary/aromatic N) is 2. The highest BCUT2D eigenvalue weighted by atomic mass is 32.2. The molecule has 3 rings (SSSR count). The van der Waals surface area contributed by atoms with Gasteiger partial charge in [-0.3, -0.25) is 13.9 Å². The first-order valence-electron chi connectivity index (χ1n) is 12.3. The van der Waals surface area contributed by atoms with Crippen LogP contribution >= 0.6 is 0 Å². The summed E-state index contributed by atoms with van der Waals surface area (Å²) in [7, 11) is -1.23. The number of carbonyl (C=O) groups excluding carboxylic acids is 2. The van der Waals surface area contributed by atoms with Gasteiger partial charge in [0.25, 0.3) is 10.0 Å². The Morgan fingerprint density at radius 2 is 1.45 bits per heavy atom. The lowest BCUT2D eigenvalue weighted by Gasteiger charge is -2.32. The Labute approximate surface area is 225 Å². The first-order chi connectivity index (χ1) is 18.0. The zero-order valence-corrected chi connectivity index (χ0v) is 23.5. The quantitative estimate of drug-likeness (QED) is 0.422. The molecule has 0 aromatic heterocycles. The largest absolute Gasteiger partial charge is 0.495 e. The van der Waals surface area contributed by atoms with Crippen LogP contribution in [0, 0.1) is 20.8 Å². The molecular weight excluding hydrogens is 502 g/mol. The summed E-state index contributed by atoms with van der Waals surface area (Å²) in [5.41, 5.74) is 3.83. The Balaban J connectivity index is 2.10. The zero-order chi connectivity index (χ0) is 28.0. The number of benzene rings is 3. The van der Waals surface area contributed by atoms with Crippen molar-refractivity contribution in [2.24, 2.45) is 0 Å². The Kier molecular flexibility index (Phi) is 9.17. The topological polar surface area (TPSA) is 96.0 Å². The van der Waals surface area contributed by atoms with Crippen molar-refractivity contribution in [2.75, 3.05) is 25.0 Å². The van der Waals surface area contributed by atoms with Crippen LogP contribution in [-0.2, 0) is 26.2 Å². The minimum Gasteiger partial charge on any atom is -0.495 e. The maximum Gasteiger partial charge on any atom is 0.264 e. The summed E-state index contributed by atoms with van der Waals surface area (Å²) in [6, 6.07) is 18.4. The molecule has 8 nitrogen and oxygen atoms in total. The lowest BCUT2D eigenvalue weighted by atomic mass is 10.1. The van der Waals surface area contributed by atoms with Crippen LogP contribution in [-0.4, -0.2) is 51.9 Å². The average Bonchev–Trinajstić information content (AvgIpc) is 2.90. The molecule has 0 aliphatic heterocycles. The molecule has 0 aliphatic rings. The summed E-state index contributed by atoms with van der Waals surface area (Å²) >= 11 is 0. The van der Waals surface area contributed by atoms with Gasteiger partial charge in [0.2, 0.25) is 11.8 Å². The maximum atomic E-state index is 14.0. The van der Waals surface area contributed by atoms with Gasteiger partial charge in [0.15, 0.2) is 0 Å². The van der Waals surface area contributed by atoms with Gasteiger partial charge < -0.3 is 15.0 Å². The third kappa shape index (κ3) is 6.52. The molecule has 3 aromatic carbocycles. The number of anilines is 1. The van der Waals surface area contributed by atoms with E-state index in [1.165, 1.54) is 31.2 Å². The molecule has 2 amide bonds. The van der Waals surface area contributed by atoms with Crippen molar-refractivity contribution in [1.29, 1.82) is 0 Å². The fourth-order valence-corrected chi connectivity index (χ4v) is 5.44. The summed E-state index contributed by atoms with van der Waals surface area (Å²) < 4.78 is 34.5. The van der Waals surface area contributed by atoms with Crippen molar-refractivity contribution in [3.63, 3.8) is 0 Å². The Morgan fingerprint density at radius 1 is 0.895 bits per heavy atom. The molecule has 3 aromatic rings. The van der Waals surface area contributed by atoms with Crippen LogP contribution in [0.3, 0.4) is 0 Å². The second kappa shape index (κ2) is 12.1. The van der Waals surface area contributed by atoms with Crippen LogP contribution in [0.15, 0.2) is 71.6 Å². The standard InChI is InChI=1S/C29H35N3O5S/c1-20-7-12-24(13-8-20)18-31(23(4)29(34)30-5)28(33)19-32(26-17-22(3)11-16-27(26)37-6)38(35,36)25-14-9-21(2)10-15-25/h7-17,23H,18-19H2,1-6H3,(H,30,34)/t23-/m0/s1. The number of hydrogen-bond acceptors (Lipinski definition) is 5. The van der Waals surface area contributed by atoms with E-state index in [1.54, 1.807) is 37.3 Å². The van der Waals surface area contributed by atoms with Gasteiger partial charge >= 0.3 is 0 Å². The van der Waals surface area contributed by atoms with Crippen LogP contribution in [0.5, 0.6) is 5.75 Å². The number of aryl methyl sites for hydroxylation is 3. The third-order valence-corrected chi connectivity index (χ3v) is 8.15. The lowest BCUT2D eigenvalue weighted by molar-refractivity contribution is -0.139. The molecule has 38 heavy (non-hydrogen) atoms. The van der Waals surface area contributed by atoms with E-state index in [0.29, 0.717) is 5.75 Å². The van der Waals surface area contributed by atoms with Gasteiger partial charge in [-0.05, 0) is 63.1 Å². The molecule has 9 heteroatoms. The lowest BCUT2D eigenvalue weighted by Crippen LogP contribution is -2.50. The number of sulfonamides is 1. The van der Waals surface area contributed by atoms with Crippen LogP contribution in [0.25, 0.3) is 0 Å². The molecular formula is C29H35N3O5S. The monoisotopic (exact) mass is 537 g/mol. The minimum atomic E-state index is -4.17. The SMILES string of the molecule is CNC(=O)[C@H](C)N(Cc1ccc(C)cc1)C(=O)CN(c1cc(C)ccc1OC)S(=O)(=O)c1ccc(C)cc1. The van der Waals surface area contributed by atoms with Crippen molar-refractivity contribution in [2.45, 2.75) is 45.2 Å². The minimum absolute atomic E-state index is 0.0453. The number of ether oxygens (including phenoxy) is 1.